The fourth-order valence-corrected chi connectivity index (χ4v) is 4.20. The highest BCUT2D eigenvalue weighted by atomic mass is 79.9. The van der Waals surface area contributed by atoms with Crippen molar-refractivity contribution in [2.75, 3.05) is 7.11 Å². The highest BCUT2D eigenvalue weighted by Crippen LogP contribution is 2.28. The summed E-state index contributed by atoms with van der Waals surface area (Å²) in [4.78, 5) is 0.186. The third-order valence-electron chi connectivity index (χ3n) is 3.09. The predicted molar refractivity (Wildman–Crippen MR) is 73.3 cm³/mol. The SMILES string of the molecule is COc1ccc(Br)cc1S(=O)(=O)NC1CCCC1. The lowest BCUT2D eigenvalue weighted by atomic mass is 10.3. The van der Waals surface area contributed by atoms with E-state index in [1.807, 2.05) is 0 Å². The van der Waals surface area contributed by atoms with Crippen LogP contribution in [0.3, 0.4) is 0 Å². The van der Waals surface area contributed by atoms with Crippen LogP contribution in [0.1, 0.15) is 25.7 Å². The van der Waals surface area contributed by atoms with Crippen molar-refractivity contribution in [1.82, 2.24) is 4.72 Å². The second-order valence-electron chi connectivity index (χ2n) is 4.40. The van der Waals surface area contributed by atoms with Crippen molar-refractivity contribution in [2.45, 2.75) is 36.6 Å². The molecular formula is C12H16BrNO3S. The van der Waals surface area contributed by atoms with E-state index in [1.54, 1.807) is 18.2 Å². The Morgan fingerprint density at radius 2 is 2.00 bits per heavy atom. The van der Waals surface area contributed by atoms with Crippen LogP contribution in [0.2, 0.25) is 0 Å². The van der Waals surface area contributed by atoms with Gasteiger partial charge in [-0.05, 0) is 31.0 Å². The number of nitrogens with one attached hydrogen (secondary N) is 1. The lowest BCUT2D eigenvalue weighted by molar-refractivity contribution is 0.402. The summed E-state index contributed by atoms with van der Waals surface area (Å²) >= 11 is 3.28. The summed E-state index contributed by atoms with van der Waals surface area (Å²) in [6.07, 6.45) is 4.00. The van der Waals surface area contributed by atoms with Crippen molar-refractivity contribution in [3.05, 3.63) is 22.7 Å². The normalized spacial score (nSPS) is 17.0. The Bertz CT molecular complexity index is 524. The molecule has 6 heteroatoms. The molecule has 1 aromatic carbocycles. The van der Waals surface area contributed by atoms with Gasteiger partial charge < -0.3 is 4.74 Å². The maximum absolute atomic E-state index is 12.3. The van der Waals surface area contributed by atoms with Crippen LogP contribution < -0.4 is 9.46 Å². The fourth-order valence-electron chi connectivity index (χ4n) is 2.19. The molecule has 18 heavy (non-hydrogen) atoms. The summed E-state index contributed by atoms with van der Waals surface area (Å²) in [6, 6.07) is 5.02. The molecule has 0 bridgehead atoms. The van der Waals surface area contributed by atoms with Gasteiger partial charge in [0, 0.05) is 10.5 Å². The molecule has 0 aromatic heterocycles. The van der Waals surface area contributed by atoms with Crippen LogP contribution in [0.4, 0.5) is 0 Å². The summed E-state index contributed by atoms with van der Waals surface area (Å²) in [5.41, 5.74) is 0. The molecule has 1 N–H and O–H groups in total. The molecule has 2 rings (SSSR count). The Morgan fingerprint density at radius 1 is 1.33 bits per heavy atom. The van der Waals surface area contributed by atoms with Gasteiger partial charge in [-0.2, -0.15) is 0 Å². The molecule has 0 heterocycles. The Hall–Kier alpha value is -0.590. The zero-order chi connectivity index (χ0) is 13.2. The molecule has 0 saturated heterocycles. The molecule has 0 aliphatic heterocycles. The average molecular weight is 334 g/mol. The first kappa shape index (κ1) is 13.8. The van der Waals surface area contributed by atoms with Gasteiger partial charge in [0.25, 0.3) is 0 Å². The Balaban J connectivity index is 2.30. The van der Waals surface area contributed by atoms with Crippen molar-refractivity contribution in [1.29, 1.82) is 0 Å². The Labute approximate surface area is 116 Å². The first-order chi connectivity index (χ1) is 8.53. The van der Waals surface area contributed by atoms with Gasteiger partial charge in [-0.1, -0.05) is 28.8 Å². The lowest BCUT2D eigenvalue weighted by Gasteiger charge is -2.15. The summed E-state index contributed by atoms with van der Waals surface area (Å²) < 4.78 is 33.2. The largest absolute Gasteiger partial charge is 0.495 e. The van der Waals surface area contributed by atoms with E-state index < -0.39 is 10.0 Å². The summed E-state index contributed by atoms with van der Waals surface area (Å²) in [6.45, 7) is 0. The van der Waals surface area contributed by atoms with Crippen LogP contribution in [0.25, 0.3) is 0 Å². The van der Waals surface area contributed by atoms with Crippen LogP contribution >= 0.6 is 15.9 Å². The summed E-state index contributed by atoms with van der Waals surface area (Å²) in [7, 11) is -2.04. The highest BCUT2D eigenvalue weighted by Gasteiger charge is 2.25. The quantitative estimate of drug-likeness (QED) is 0.921. The minimum absolute atomic E-state index is 0.0543. The zero-order valence-corrected chi connectivity index (χ0v) is 12.6. The number of rotatable bonds is 4. The monoisotopic (exact) mass is 333 g/mol. The van der Waals surface area contributed by atoms with E-state index in [9.17, 15) is 8.42 Å². The van der Waals surface area contributed by atoms with Gasteiger partial charge in [0.15, 0.2) is 0 Å². The molecule has 0 spiro atoms. The smallest absolute Gasteiger partial charge is 0.244 e. The minimum Gasteiger partial charge on any atom is -0.495 e. The third kappa shape index (κ3) is 3.05. The molecule has 0 unspecified atom stereocenters. The number of ether oxygens (including phenoxy) is 1. The molecule has 0 amide bonds. The average Bonchev–Trinajstić information content (AvgIpc) is 2.81. The number of halogens is 1. The fraction of sp³-hybridized carbons (Fsp3) is 0.500. The van der Waals surface area contributed by atoms with Crippen molar-refractivity contribution in [3.8, 4) is 5.75 Å². The van der Waals surface area contributed by atoms with Gasteiger partial charge in [-0.3, -0.25) is 0 Å². The van der Waals surface area contributed by atoms with Gasteiger partial charge in [0.1, 0.15) is 10.6 Å². The summed E-state index contributed by atoms with van der Waals surface area (Å²) in [5.74, 6) is 0.365. The molecule has 0 radical (unpaired) electrons. The molecule has 100 valence electrons. The number of benzene rings is 1. The van der Waals surface area contributed by atoms with Crippen molar-refractivity contribution in [3.63, 3.8) is 0 Å². The maximum atomic E-state index is 12.3. The Morgan fingerprint density at radius 3 is 2.61 bits per heavy atom. The Kier molecular flexibility index (Phi) is 4.29. The van der Waals surface area contributed by atoms with Gasteiger partial charge in [-0.15, -0.1) is 0 Å². The van der Waals surface area contributed by atoms with Crippen LogP contribution in [-0.4, -0.2) is 21.6 Å². The first-order valence-corrected chi connectivity index (χ1v) is 8.16. The number of hydrogen-bond acceptors (Lipinski definition) is 3. The molecule has 1 aliphatic carbocycles. The van der Waals surface area contributed by atoms with E-state index in [0.717, 1.165) is 30.2 Å². The summed E-state index contributed by atoms with van der Waals surface area (Å²) in [5, 5.41) is 0. The van der Waals surface area contributed by atoms with E-state index >= 15 is 0 Å². The maximum Gasteiger partial charge on any atom is 0.244 e. The zero-order valence-electron chi connectivity index (χ0n) is 10.1. The molecule has 1 aliphatic rings. The molecule has 4 nitrogen and oxygen atoms in total. The predicted octanol–water partition coefficient (Wildman–Crippen LogP) is 2.68. The van der Waals surface area contributed by atoms with E-state index in [0.29, 0.717) is 5.75 Å². The van der Waals surface area contributed by atoms with Crippen LogP contribution in [0.15, 0.2) is 27.6 Å². The van der Waals surface area contributed by atoms with E-state index in [1.165, 1.54) is 7.11 Å². The van der Waals surface area contributed by atoms with E-state index in [-0.39, 0.29) is 10.9 Å². The molecule has 1 fully saturated rings. The first-order valence-electron chi connectivity index (χ1n) is 5.89. The van der Waals surface area contributed by atoms with Crippen LogP contribution in [-0.2, 0) is 10.0 Å². The van der Waals surface area contributed by atoms with Crippen molar-refractivity contribution < 1.29 is 13.2 Å². The highest BCUT2D eigenvalue weighted by molar-refractivity contribution is 9.10. The molecule has 1 saturated carbocycles. The molecular weight excluding hydrogens is 318 g/mol. The number of methoxy groups -OCH3 is 1. The van der Waals surface area contributed by atoms with Crippen LogP contribution in [0, 0.1) is 0 Å². The van der Waals surface area contributed by atoms with Gasteiger partial charge in [0.05, 0.1) is 7.11 Å². The van der Waals surface area contributed by atoms with Gasteiger partial charge >= 0.3 is 0 Å². The number of sulfonamides is 1. The van der Waals surface area contributed by atoms with Gasteiger partial charge in [-0.25, -0.2) is 13.1 Å². The van der Waals surface area contributed by atoms with Crippen LogP contribution in [0.5, 0.6) is 5.75 Å². The number of hydrogen-bond donors (Lipinski definition) is 1. The topological polar surface area (TPSA) is 55.4 Å². The van der Waals surface area contributed by atoms with E-state index in [4.69, 9.17) is 4.74 Å². The molecule has 0 atom stereocenters. The second kappa shape index (κ2) is 5.59. The van der Waals surface area contributed by atoms with Gasteiger partial charge in [0.2, 0.25) is 10.0 Å². The standard InChI is InChI=1S/C12H16BrNO3S/c1-17-11-7-6-9(13)8-12(11)18(15,16)14-10-4-2-3-5-10/h6-8,10,14H,2-5H2,1H3. The second-order valence-corrected chi connectivity index (χ2v) is 7.00. The third-order valence-corrected chi connectivity index (χ3v) is 5.13. The van der Waals surface area contributed by atoms with Crippen molar-refractivity contribution in [2.24, 2.45) is 0 Å². The lowest BCUT2D eigenvalue weighted by Crippen LogP contribution is -2.32. The van der Waals surface area contributed by atoms with E-state index in [2.05, 4.69) is 20.7 Å². The van der Waals surface area contributed by atoms with Crippen molar-refractivity contribution >= 4 is 26.0 Å². The molecule has 1 aromatic rings. The minimum atomic E-state index is -3.51.